The number of fused-ring (bicyclic) bond motifs is 3. The maximum absolute atomic E-state index is 13.7. The average molecular weight is 494 g/mol. The number of aryl methyl sites for hydroxylation is 2. The van der Waals surface area contributed by atoms with E-state index in [4.69, 9.17) is 9.97 Å². The lowest BCUT2D eigenvalue weighted by Gasteiger charge is -2.20. The fraction of sp³-hybridized carbons (Fsp3) is 0.125. The molecule has 5 rings (SSSR count). The number of anilines is 1. The molecule has 0 spiro atoms. The van der Waals surface area contributed by atoms with E-state index in [2.05, 4.69) is 21.2 Å². The molecule has 0 fully saturated rings. The minimum atomic E-state index is -0.245. The molecular formula is C24H17BrFN3OS. The zero-order chi connectivity index (χ0) is 21.4. The molecule has 0 unspecified atom stereocenters. The summed E-state index contributed by atoms with van der Waals surface area (Å²) in [6.07, 6.45) is 1.59. The van der Waals surface area contributed by atoms with Gasteiger partial charge >= 0.3 is 0 Å². The first kappa shape index (κ1) is 20.0. The molecule has 4 aromatic rings. The summed E-state index contributed by atoms with van der Waals surface area (Å²) in [4.78, 5) is 23.4. The van der Waals surface area contributed by atoms with Gasteiger partial charge in [0.2, 0.25) is 5.91 Å². The molecule has 154 valence electrons. The molecule has 0 saturated carbocycles. The summed E-state index contributed by atoms with van der Waals surface area (Å²) in [5, 5.41) is 4.93. The van der Waals surface area contributed by atoms with Gasteiger partial charge in [-0.3, -0.25) is 4.79 Å². The Morgan fingerprint density at radius 2 is 1.90 bits per heavy atom. The SMILES string of the molecule is O=C(Cc1ccc(Br)cc1)Nc1nc2c(nc1-c1cccs1)-c1ccc(F)cc1CC2. The van der Waals surface area contributed by atoms with Crippen LogP contribution in [0.5, 0.6) is 0 Å². The van der Waals surface area contributed by atoms with Crippen molar-refractivity contribution >= 4 is 39.0 Å². The summed E-state index contributed by atoms with van der Waals surface area (Å²) in [7, 11) is 0. The van der Waals surface area contributed by atoms with Crippen LogP contribution in [0.1, 0.15) is 16.8 Å². The molecule has 0 aliphatic heterocycles. The molecule has 0 saturated heterocycles. The van der Waals surface area contributed by atoms with Gasteiger partial charge in [0.05, 0.1) is 22.7 Å². The van der Waals surface area contributed by atoms with Crippen molar-refractivity contribution in [1.82, 2.24) is 9.97 Å². The highest BCUT2D eigenvalue weighted by Crippen LogP contribution is 2.37. The summed E-state index contributed by atoms with van der Waals surface area (Å²) in [6.45, 7) is 0. The molecule has 1 amide bonds. The smallest absolute Gasteiger partial charge is 0.230 e. The number of halogens is 2. The molecule has 1 aliphatic carbocycles. The maximum Gasteiger partial charge on any atom is 0.230 e. The third-order valence-electron chi connectivity index (χ3n) is 5.21. The summed E-state index contributed by atoms with van der Waals surface area (Å²) in [6, 6.07) is 16.3. The summed E-state index contributed by atoms with van der Waals surface area (Å²) in [5.41, 5.74) is 4.97. The molecule has 1 aliphatic rings. The number of amides is 1. The monoisotopic (exact) mass is 493 g/mol. The van der Waals surface area contributed by atoms with E-state index in [0.29, 0.717) is 24.4 Å². The zero-order valence-electron chi connectivity index (χ0n) is 16.4. The van der Waals surface area contributed by atoms with Crippen molar-refractivity contribution in [1.29, 1.82) is 0 Å². The largest absolute Gasteiger partial charge is 0.309 e. The second-order valence-electron chi connectivity index (χ2n) is 7.35. The Morgan fingerprint density at radius 3 is 2.68 bits per heavy atom. The predicted octanol–water partition coefficient (Wildman–Crippen LogP) is 6.05. The van der Waals surface area contributed by atoms with Crippen LogP contribution in [0.2, 0.25) is 0 Å². The Balaban J connectivity index is 1.52. The number of hydrogen-bond acceptors (Lipinski definition) is 4. The van der Waals surface area contributed by atoms with Crippen LogP contribution in [0.3, 0.4) is 0 Å². The van der Waals surface area contributed by atoms with Crippen molar-refractivity contribution < 1.29 is 9.18 Å². The van der Waals surface area contributed by atoms with Gasteiger partial charge in [-0.05, 0) is 65.7 Å². The predicted molar refractivity (Wildman–Crippen MR) is 125 cm³/mol. The third kappa shape index (κ3) is 4.16. The van der Waals surface area contributed by atoms with Crippen molar-refractivity contribution in [2.45, 2.75) is 19.3 Å². The number of carbonyl (C=O) groups excluding carboxylic acids is 1. The highest BCUT2D eigenvalue weighted by molar-refractivity contribution is 9.10. The van der Waals surface area contributed by atoms with E-state index in [-0.39, 0.29) is 18.1 Å². The van der Waals surface area contributed by atoms with Crippen molar-refractivity contribution in [3.8, 4) is 21.8 Å². The summed E-state index contributed by atoms with van der Waals surface area (Å²) >= 11 is 4.95. The fourth-order valence-corrected chi connectivity index (χ4v) is 4.73. The van der Waals surface area contributed by atoms with Gasteiger partial charge < -0.3 is 5.32 Å². The van der Waals surface area contributed by atoms with E-state index >= 15 is 0 Å². The lowest BCUT2D eigenvalue weighted by atomic mass is 9.91. The number of nitrogens with one attached hydrogen (secondary N) is 1. The molecular weight excluding hydrogens is 477 g/mol. The lowest BCUT2D eigenvalue weighted by molar-refractivity contribution is -0.115. The Kier molecular flexibility index (Phi) is 5.38. The Morgan fingerprint density at radius 1 is 1.06 bits per heavy atom. The van der Waals surface area contributed by atoms with Gasteiger partial charge in [-0.1, -0.05) is 34.1 Å². The van der Waals surface area contributed by atoms with Crippen LogP contribution in [0.15, 0.2) is 64.5 Å². The van der Waals surface area contributed by atoms with Gasteiger partial charge in [-0.15, -0.1) is 11.3 Å². The van der Waals surface area contributed by atoms with Crippen molar-refractivity contribution in [3.63, 3.8) is 0 Å². The molecule has 7 heteroatoms. The molecule has 0 radical (unpaired) electrons. The first-order chi connectivity index (χ1) is 15.1. The molecule has 31 heavy (non-hydrogen) atoms. The normalized spacial score (nSPS) is 12.2. The van der Waals surface area contributed by atoms with E-state index in [9.17, 15) is 9.18 Å². The molecule has 0 bridgehead atoms. The first-order valence-corrected chi connectivity index (χ1v) is 11.5. The van der Waals surface area contributed by atoms with E-state index < -0.39 is 0 Å². The van der Waals surface area contributed by atoms with Crippen LogP contribution in [-0.4, -0.2) is 15.9 Å². The number of thiophene rings is 1. The number of benzene rings is 2. The first-order valence-electron chi connectivity index (χ1n) is 9.85. The highest BCUT2D eigenvalue weighted by Gasteiger charge is 2.23. The number of carbonyl (C=O) groups is 1. The van der Waals surface area contributed by atoms with Gasteiger partial charge in [-0.2, -0.15) is 0 Å². The van der Waals surface area contributed by atoms with Crippen molar-refractivity contribution in [2.24, 2.45) is 0 Å². The second kappa shape index (κ2) is 8.32. The van der Waals surface area contributed by atoms with Gasteiger partial charge in [0, 0.05) is 10.0 Å². The quantitative estimate of drug-likeness (QED) is 0.376. The minimum Gasteiger partial charge on any atom is -0.309 e. The number of hydrogen-bond donors (Lipinski definition) is 1. The van der Waals surface area contributed by atoms with E-state index in [1.165, 1.54) is 17.4 Å². The van der Waals surface area contributed by atoms with Crippen LogP contribution >= 0.6 is 27.3 Å². The molecule has 2 heterocycles. The highest BCUT2D eigenvalue weighted by atomic mass is 79.9. The van der Waals surface area contributed by atoms with Crippen molar-refractivity contribution in [3.05, 3.63) is 87.1 Å². The third-order valence-corrected chi connectivity index (χ3v) is 6.62. The topological polar surface area (TPSA) is 54.9 Å². The minimum absolute atomic E-state index is 0.146. The molecule has 2 aromatic carbocycles. The molecule has 0 atom stereocenters. The maximum atomic E-state index is 13.7. The number of rotatable bonds is 4. The zero-order valence-corrected chi connectivity index (χ0v) is 18.8. The number of nitrogens with zero attached hydrogens (tertiary/aromatic N) is 2. The Bertz CT molecular complexity index is 1270. The van der Waals surface area contributed by atoms with Crippen LogP contribution in [-0.2, 0) is 24.1 Å². The second-order valence-corrected chi connectivity index (χ2v) is 9.21. The fourth-order valence-electron chi connectivity index (χ4n) is 3.75. The van der Waals surface area contributed by atoms with Crippen LogP contribution < -0.4 is 5.32 Å². The van der Waals surface area contributed by atoms with Gasteiger partial charge in [0.1, 0.15) is 11.5 Å². The average Bonchev–Trinajstić information content (AvgIpc) is 3.29. The molecule has 4 nitrogen and oxygen atoms in total. The standard InChI is InChI=1S/C24H17BrFN3OS/c25-16-6-3-14(4-7-16)12-21(30)28-24-23(20-2-1-11-31-20)29-22-18-9-8-17(26)13-15(18)5-10-19(22)27-24/h1-4,6-9,11,13H,5,10,12H2,(H,27,28,30). The van der Waals surface area contributed by atoms with Gasteiger partial charge in [-0.25, -0.2) is 14.4 Å². The molecule has 2 aromatic heterocycles. The van der Waals surface area contributed by atoms with Gasteiger partial charge in [0.15, 0.2) is 5.82 Å². The van der Waals surface area contributed by atoms with E-state index in [1.807, 2.05) is 41.8 Å². The Hall–Kier alpha value is -2.90. The van der Waals surface area contributed by atoms with E-state index in [0.717, 1.165) is 37.4 Å². The summed E-state index contributed by atoms with van der Waals surface area (Å²) < 4.78 is 14.7. The van der Waals surface area contributed by atoms with Crippen LogP contribution in [0.25, 0.3) is 21.8 Å². The van der Waals surface area contributed by atoms with Crippen molar-refractivity contribution in [2.75, 3.05) is 5.32 Å². The van der Waals surface area contributed by atoms with Gasteiger partial charge in [0.25, 0.3) is 0 Å². The lowest BCUT2D eigenvalue weighted by Crippen LogP contribution is -2.18. The van der Waals surface area contributed by atoms with Crippen LogP contribution in [0.4, 0.5) is 10.2 Å². The number of aromatic nitrogens is 2. The van der Waals surface area contributed by atoms with Crippen LogP contribution in [0, 0.1) is 5.82 Å². The molecule has 1 N–H and O–H groups in total. The summed E-state index contributed by atoms with van der Waals surface area (Å²) in [5.74, 6) is 0.0759. The Labute approximate surface area is 191 Å². The van der Waals surface area contributed by atoms with E-state index in [1.54, 1.807) is 12.1 Å².